The molecule has 0 heterocycles. The zero-order valence-electron chi connectivity index (χ0n) is 7.00. The largest absolute Gasteiger partial charge is 1.00 e. The van der Waals surface area contributed by atoms with Gasteiger partial charge in [-0.15, -0.1) is 0 Å². The van der Waals surface area contributed by atoms with Crippen molar-refractivity contribution in [3.05, 3.63) is 0 Å². The second-order valence-corrected chi connectivity index (χ2v) is 0. The van der Waals surface area contributed by atoms with Crippen LogP contribution in [0.5, 0.6) is 0 Å². The van der Waals surface area contributed by atoms with Crippen molar-refractivity contribution in [3.63, 3.8) is 0 Å². The molecular weight excluding hydrogens is 174 g/mol. The zero-order valence-corrected chi connectivity index (χ0v) is 11.2. The van der Waals surface area contributed by atoms with Crippen LogP contribution in [-0.2, 0) is 0 Å². The third kappa shape index (κ3) is 63.4. The van der Waals surface area contributed by atoms with Gasteiger partial charge in [0.2, 0.25) is 0 Å². The van der Waals surface area contributed by atoms with Gasteiger partial charge in [0.05, 0.1) is 0 Å². The van der Waals surface area contributed by atoms with Gasteiger partial charge in [-0.25, -0.2) is 0 Å². The molecule has 0 aliphatic carbocycles. The first kappa shape index (κ1) is 121. The van der Waals surface area contributed by atoms with Crippen molar-refractivity contribution in [1.82, 2.24) is 0 Å². The molecule has 0 atom stereocenters. The summed E-state index contributed by atoms with van der Waals surface area (Å²) in [4.78, 5) is 0. The fourth-order valence-corrected chi connectivity index (χ4v) is 0. The van der Waals surface area contributed by atoms with Crippen molar-refractivity contribution in [3.8, 4) is 0 Å². The SMILES string of the molecule is O.O.O.O.O.O.[H-].[H-].[K+].[K+]. The smallest absolute Gasteiger partial charge is 1.00 e. The zero-order chi connectivity index (χ0) is 0. The Kier molecular flexibility index (Phi) is 1340. The molecule has 0 aliphatic rings. The van der Waals surface area contributed by atoms with Crippen LogP contribution >= 0.6 is 0 Å². The third-order valence-corrected chi connectivity index (χ3v) is 0. The third-order valence-electron chi connectivity index (χ3n) is 0. The van der Waals surface area contributed by atoms with Crippen LogP contribution in [0.2, 0.25) is 0 Å². The van der Waals surface area contributed by atoms with E-state index in [-0.39, 0.29) is 138 Å². The Morgan fingerprint density at radius 3 is 0.375 bits per heavy atom. The Hall–Kier alpha value is 3.03. The van der Waals surface area contributed by atoms with E-state index in [4.69, 9.17) is 0 Å². The maximum atomic E-state index is 0. The maximum Gasteiger partial charge on any atom is 1.00 e. The Bertz CT molecular complexity index is 13.7. The summed E-state index contributed by atoms with van der Waals surface area (Å²) < 4.78 is 0. The summed E-state index contributed by atoms with van der Waals surface area (Å²) in [6.07, 6.45) is 0. The Labute approximate surface area is 135 Å². The second kappa shape index (κ2) is 89.0. The molecule has 52 valence electrons. The minimum absolute atomic E-state index is 0. The van der Waals surface area contributed by atoms with Gasteiger partial charge in [0.15, 0.2) is 0 Å². The summed E-state index contributed by atoms with van der Waals surface area (Å²) in [6, 6.07) is 0. The Morgan fingerprint density at radius 2 is 0.375 bits per heavy atom. The Morgan fingerprint density at radius 1 is 0.375 bits per heavy atom. The van der Waals surface area contributed by atoms with Gasteiger partial charge in [0, 0.05) is 0 Å². The van der Waals surface area contributed by atoms with Gasteiger partial charge in [0.1, 0.15) is 0 Å². The summed E-state index contributed by atoms with van der Waals surface area (Å²) in [7, 11) is 0. The van der Waals surface area contributed by atoms with E-state index >= 15 is 0 Å². The fourth-order valence-electron chi connectivity index (χ4n) is 0. The molecule has 6 nitrogen and oxygen atoms in total. The van der Waals surface area contributed by atoms with Crippen LogP contribution < -0.4 is 103 Å². The van der Waals surface area contributed by atoms with E-state index in [1.807, 2.05) is 0 Å². The predicted molar refractivity (Wildman–Crippen MR) is 23.9 cm³/mol. The first-order chi connectivity index (χ1) is 0. The summed E-state index contributed by atoms with van der Waals surface area (Å²) >= 11 is 0. The van der Waals surface area contributed by atoms with Crippen LogP contribution in [0.3, 0.4) is 0 Å². The summed E-state index contributed by atoms with van der Waals surface area (Å²) in [5, 5.41) is 0. The molecule has 0 aliphatic heterocycles. The molecule has 0 aromatic rings. The molecule has 0 bridgehead atoms. The molecule has 0 fully saturated rings. The van der Waals surface area contributed by atoms with E-state index in [0.717, 1.165) is 0 Å². The van der Waals surface area contributed by atoms with Crippen LogP contribution in [0.15, 0.2) is 0 Å². The normalized spacial score (nSPS) is 0. The topological polar surface area (TPSA) is 189 Å². The van der Waals surface area contributed by atoms with Gasteiger partial charge in [-0.05, 0) is 0 Å². The molecule has 0 saturated heterocycles. The quantitative estimate of drug-likeness (QED) is 0.326. The molecule has 12 N–H and O–H groups in total. The average molecular weight is 188 g/mol. The van der Waals surface area contributed by atoms with Crippen LogP contribution in [0.4, 0.5) is 0 Å². The van der Waals surface area contributed by atoms with Gasteiger partial charge < -0.3 is 35.7 Å². The van der Waals surface area contributed by atoms with Crippen molar-refractivity contribution >= 4 is 0 Å². The second-order valence-electron chi connectivity index (χ2n) is 0. The van der Waals surface area contributed by atoms with Crippen LogP contribution in [0.25, 0.3) is 0 Å². The van der Waals surface area contributed by atoms with Crippen LogP contribution in [0, 0.1) is 0 Å². The average Bonchev–Trinajstić information content (AvgIpc) is 0. The van der Waals surface area contributed by atoms with Gasteiger partial charge >= 0.3 is 103 Å². The van der Waals surface area contributed by atoms with Crippen molar-refractivity contribution in [2.75, 3.05) is 0 Å². The van der Waals surface area contributed by atoms with E-state index in [1.165, 1.54) is 0 Å². The molecule has 0 amide bonds. The fraction of sp³-hybridized carbons (Fsp3) is 0. The molecule has 8 heavy (non-hydrogen) atoms. The number of hydrogen-bond acceptors (Lipinski definition) is 0. The molecule has 0 saturated carbocycles. The maximum absolute atomic E-state index is 0. The van der Waals surface area contributed by atoms with Gasteiger partial charge in [-0.2, -0.15) is 0 Å². The van der Waals surface area contributed by atoms with E-state index in [1.54, 1.807) is 0 Å². The molecule has 0 unspecified atom stereocenters. The molecule has 0 aromatic heterocycles. The first-order valence-corrected chi connectivity index (χ1v) is 0. The van der Waals surface area contributed by atoms with Crippen molar-refractivity contribution in [2.24, 2.45) is 0 Å². The van der Waals surface area contributed by atoms with Gasteiger partial charge in [-0.3, -0.25) is 0 Å². The molecule has 0 spiro atoms. The van der Waals surface area contributed by atoms with Crippen LogP contribution in [0.1, 0.15) is 2.85 Å². The molecule has 0 rings (SSSR count). The summed E-state index contributed by atoms with van der Waals surface area (Å²) in [5.74, 6) is 0. The number of rotatable bonds is 0. The molecular formula is H14K2O6. The van der Waals surface area contributed by atoms with Gasteiger partial charge in [-0.1, -0.05) is 0 Å². The van der Waals surface area contributed by atoms with Gasteiger partial charge in [0.25, 0.3) is 0 Å². The monoisotopic (exact) mass is 188 g/mol. The Balaban J connectivity index is 0. The van der Waals surface area contributed by atoms with Crippen LogP contribution in [-0.4, -0.2) is 32.9 Å². The predicted octanol–water partition coefficient (Wildman–Crippen LogP) is -10.7. The molecule has 8 heteroatoms. The summed E-state index contributed by atoms with van der Waals surface area (Å²) in [5.41, 5.74) is 0. The minimum atomic E-state index is 0. The van der Waals surface area contributed by atoms with E-state index in [9.17, 15) is 0 Å². The molecule has 0 aromatic carbocycles. The first-order valence-electron chi connectivity index (χ1n) is 0. The van der Waals surface area contributed by atoms with Crippen molar-refractivity contribution in [1.29, 1.82) is 0 Å². The van der Waals surface area contributed by atoms with E-state index < -0.39 is 0 Å². The standard InChI is InChI=1S/2K.6H2O.2H/h;;6*1H2;;/q2*+1;;;;;;;2*-1. The number of hydrogen-bond donors (Lipinski definition) is 0. The minimum Gasteiger partial charge on any atom is -1.00 e. The van der Waals surface area contributed by atoms with Crippen molar-refractivity contribution in [2.45, 2.75) is 0 Å². The van der Waals surface area contributed by atoms with E-state index in [0.29, 0.717) is 0 Å². The summed E-state index contributed by atoms with van der Waals surface area (Å²) in [6.45, 7) is 0. The molecule has 0 radical (unpaired) electrons. The van der Waals surface area contributed by atoms with Crippen molar-refractivity contribution < 1.29 is 138 Å². The van der Waals surface area contributed by atoms with E-state index in [2.05, 4.69) is 0 Å².